The Morgan fingerprint density at radius 3 is 2.69 bits per heavy atom. The molecule has 0 heterocycles. The zero-order valence-corrected chi connectivity index (χ0v) is 9.87. The van der Waals surface area contributed by atoms with Crippen LogP contribution in [-0.4, -0.2) is 16.6 Å². The first-order chi connectivity index (χ1) is 7.06. The number of nitrogens with zero attached hydrogens (tertiary/aromatic N) is 1. The van der Waals surface area contributed by atoms with Gasteiger partial charge >= 0.3 is 0 Å². The molecule has 0 aromatic heterocycles. The standard InChI is InChI=1S/C9H11ClN2O3.ClH/c10-8-2-1-6(12(14)15)5-7(8)9(11)3-4-13;/h1-2,5,9,13H,3-4,11H2;1H. The lowest BCUT2D eigenvalue weighted by Gasteiger charge is -2.11. The van der Waals surface area contributed by atoms with Crippen LogP contribution in [0.15, 0.2) is 18.2 Å². The van der Waals surface area contributed by atoms with Gasteiger partial charge in [0.15, 0.2) is 0 Å². The van der Waals surface area contributed by atoms with Crippen molar-refractivity contribution in [2.75, 3.05) is 6.61 Å². The molecule has 0 radical (unpaired) electrons. The highest BCUT2D eigenvalue weighted by Gasteiger charge is 2.14. The van der Waals surface area contributed by atoms with Crippen molar-refractivity contribution in [1.29, 1.82) is 0 Å². The van der Waals surface area contributed by atoms with E-state index in [1.54, 1.807) is 0 Å². The normalized spacial score (nSPS) is 11.7. The summed E-state index contributed by atoms with van der Waals surface area (Å²) in [6, 6.07) is 3.61. The lowest BCUT2D eigenvalue weighted by Crippen LogP contribution is -2.12. The highest BCUT2D eigenvalue weighted by atomic mass is 35.5. The Kier molecular flexibility index (Phi) is 6.28. The number of nitrogens with two attached hydrogens (primary N) is 1. The van der Waals surface area contributed by atoms with E-state index in [4.69, 9.17) is 22.4 Å². The summed E-state index contributed by atoms with van der Waals surface area (Å²) in [4.78, 5) is 10.0. The number of nitro benzene ring substituents is 1. The number of aliphatic hydroxyl groups excluding tert-OH is 1. The molecule has 0 spiro atoms. The second kappa shape index (κ2) is 6.65. The number of hydrogen-bond donors (Lipinski definition) is 2. The van der Waals surface area contributed by atoms with Gasteiger partial charge in [-0.25, -0.2) is 0 Å². The Morgan fingerprint density at radius 2 is 2.19 bits per heavy atom. The van der Waals surface area contributed by atoms with Crippen molar-refractivity contribution in [2.24, 2.45) is 5.73 Å². The average molecular weight is 267 g/mol. The molecule has 0 amide bonds. The maximum atomic E-state index is 10.5. The number of benzene rings is 1. The quantitative estimate of drug-likeness (QED) is 0.645. The van der Waals surface area contributed by atoms with Gasteiger partial charge in [-0.3, -0.25) is 10.1 Å². The molecular weight excluding hydrogens is 255 g/mol. The van der Waals surface area contributed by atoms with E-state index in [-0.39, 0.29) is 24.7 Å². The fraction of sp³-hybridized carbons (Fsp3) is 0.333. The minimum atomic E-state index is -0.508. The van der Waals surface area contributed by atoms with Crippen LogP contribution in [0, 0.1) is 10.1 Å². The molecule has 5 nitrogen and oxygen atoms in total. The maximum absolute atomic E-state index is 10.5. The summed E-state index contributed by atoms with van der Waals surface area (Å²) in [5.41, 5.74) is 6.14. The first-order valence-corrected chi connectivity index (χ1v) is 4.74. The molecule has 7 heteroatoms. The number of rotatable bonds is 4. The monoisotopic (exact) mass is 266 g/mol. The first kappa shape index (κ1) is 15.1. The van der Waals surface area contributed by atoms with Crippen LogP contribution in [0.5, 0.6) is 0 Å². The zero-order valence-electron chi connectivity index (χ0n) is 8.30. The predicted molar refractivity (Wildman–Crippen MR) is 64.0 cm³/mol. The van der Waals surface area contributed by atoms with E-state index >= 15 is 0 Å². The Hall–Kier alpha value is -0.880. The minimum absolute atomic E-state index is 0. The third-order valence-electron chi connectivity index (χ3n) is 2.03. The Bertz CT molecular complexity index is 374. The number of aliphatic hydroxyl groups is 1. The van der Waals surface area contributed by atoms with Gasteiger partial charge in [-0.15, -0.1) is 12.4 Å². The third kappa shape index (κ3) is 3.61. The molecule has 0 fully saturated rings. The molecule has 16 heavy (non-hydrogen) atoms. The molecule has 90 valence electrons. The molecule has 0 saturated carbocycles. The topological polar surface area (TPSA) is 89.4 Å². The van der Waals surface area contributed by atoms with Crippen LogP contribution in [0.3, 0.4) is 0 Å². The van der Waals surface area contributed by atoms with Gasteiger partial charge in [0, 0.05) is 29.8 Å². The van der Waals surface area contributed by atoms with Crippen molar-refractivity contribution in [3.8, 4) is 0 Å². The zero-order chi connectivity index (χ0) is 11.4. The fourth-order valence-corrected chi connectivity index (χ4v) is 1.48. The van der Waals surface area contributed by atoms with E-state index in [1.165, 1.54) is 18.2 Å². The second-order valence-corrected chi connectivity index (χ2v) is 3.49. The Labute approximate surface area is 104 Å². The van der Waals surface area contributed by atoms with Crippen LogP contribution < -0.4 is 5.73 Å². The van der Waals surface area contributed by atoms with E-state index < -0.39 is 11.0 Å². The van der Waals surface area contributed by atoms with Crippen molar-refractivity contribution in [2.45, 2.75) is 12.5 Å². The lowest BCUT2D eigenvalue weighted by atomic mass is 10.0. The van der Waals surface area contributed by atoms with Crippen molar-refractivity contribution in [3.05, 3.63) is 38.9 Å². The van der Waals surface area contributed by atoms with Crippen LogP contribution in [0.4, 0.5) is 5.69 Å². The Balaban J connectivity index is 0.00000225. The summed E-state index contributed by atoms with van der Waals surface area (Å²) < 4.78 is 0. The van der Waals surface area contributed by atoms with Gasteiger partial charge < -0.3 is 10.8 Å². The van der Waals surface area contributed by atoms with Crippen molar-refractivity contribution >= 4 is 29.7 Å². The molecular formula is C9H12Cl2N2O3. The molecule has 1 atom stereocenters. The van der Waals surface area contributed by atoms with Crippen molar-refractivity contribution < 1.29 is 10.0 Å². The van der Waals surface area contributed by atoms with Crippen LogP contribution in [0.25, 0.3) is 0 Å². The predicted octanol–water partition coefficient (Wildman–Crippen LogP) is 2.05. The lowest BCUT2D eigenvalue weighted by molar-refractivity contribution is -0.384. The summed E-state index contributed by atoms with van der Waals surface area (Å²) in [6.07, 6.45) is 0.320. The van der Waals surface area contributed by atoms with Crippen molar-refractivity contribution in [3.63, 3.8) is 0 Å². The summed E-state index contributed by atoms with van der Waals surface area (Å²) in [7, 11) is 0. The first-order valence-electron chi connectivity index (χ1n) is 4.36. The van der Waals surface area contributed by atoms with E-state index in [9.17, 15) is 10.1 Å². The van der Waals surface area contributed by atoms with Crippen LogP contribution in [-0.2, 0) is 0 Å². The summed E-state index contributed by atoms with van der Waals surface area (Å²) in [6.45, 7) is -0.0831. The molecule has 1 aromatic rings. The molecule has 3 N–H and O–H groups in total. The van der Waals surface area contributed by atoms with E-state index in [1.807, 2.05) is 0 Å². The molecule has 1 rings (SSSR count). The number of halogens is 2. The van der Waals surface area contributed by atoms with E-state index in [0.717, 1.165) is 0 Å². The van der Waals surface area contributed by atoms with Gasteiger partial charge in [0.05, 0.1) is 4.92 Å². The molecule has 0 saturated heterocycles. The third-order valence-corrected chi connectivity index (χ3v) is 2.37. The van der Waals surface area contributed by atoms with Gasteiger partial charge in [0.1, 0.15) is 0 Å². The number of non-ortho nitro benzene ring substituents is 1. The number of nitro groups is 1. The molecule has 0 aliphatic heterocycles. The highest BCUT2D eigenvalue weighted by molar-refractivity contribution is 6.31. The summed E-state index contributed by atoms with van der Waals surface area (Å²) >= 11 is 5.85. The van der Waals surface area contributed by atoms with Gasteiger partial charge in [0.25, 0.3) is 5.69 Å². The van der Waals surface area contributed by atoms with E-state index in [0.29, 0.717) is 17.0 Å². The largest absolute Gasteiger partial charge is 0.396 e. The van der Waals surface area contributed by atoms with Crippen molar-refractivity contribution in [1.82, 2.24) is 0 Å². The fourth-order valence-electron chi connectivity index (χ4n) is 1.22. The summed E-state index contributed by atoms with van der Waals surface area (Å²) in [5.74, 6) is 0. The Morgan fingerprint density at radius 1 is 1.56 bits per heavy atom. The second-order valence-electron chi connectivity index (χ2n) is 3.08. The van der Waals surface area contributed by atoms with Gasteiger partial charge in [-0.1, -0.05) is 11.6 Å². The van der Waals surface area contributed by atoms with Crippen LogP contribution >= 0.6 is 24.0 Å². The molecule has 0 aliphatic carbocycles. The molecule has 0 aliphatic rings. The SMILES string of the molecule is Cl.NC(CCO)c1cc([N+](=O)[O-])ccc1Cl. The minimum Gasteiger partial charge on any atom is -0.396 e. The van der Waals surface area contributed by atoms with Gasteiger partial charge in [-0.2, -0.15) is 0 Å². The number of hydrogen-bond acceptors (Lipinski definition) is 4. The molecule has 0 bridgehead atoms. The average Bonchev–Trinajstić information content (AvgIpc) is 2.18. The van der Waals surface area contributed by atoms with E-state index in [2.05, 4.69) is 0 Å². The highest BCUT2D eigenvalue weighted by Crippen LogP contribution is 2.27. The maximum Gasteiger partial charge on any atom is 0.269 e. The van der Waals surface area contributed by atoms with Crippen LogP contribution in [0.2, 0.25) is 5.02 Å². The molecule has 1 aromatic carbocycles. The van der Waals surface area contributed by atoms with Gasteiger partial charge in [-0.05, 0) is 18.1 Å². The van der Waals surface area contributed by atoms with Gasteiger partial charge in [0.2, 0.25) is 0 Å². The molecule has 1 unspecified atom stereocenters. The van der Waals surface area contributed by atoms with Crippen LogP contribution in [0.1, 0.15) is 18.0 Å². The summed E-state index contributed by atoms with van der Waals surface area (Å²) in [5, 5.41) is 19.6. The smallest absolute Gasteiger partial charge is 0.269 e.